The van der Waals surface area contributed by atoms with Gasteiger partial charge in [-0.2, -0.15) is 8.42 Å². The number of benzene rings is 2. The summed E-state index contributed by atoms with van der Waals surface area (Å²) < 4.78 is 42.9. The Bertz CT molecular complexity index is 1090. The Morgan fingerprint density at radius 3 is 2.32 bits per heavy atom. The fourth-order valence-corrected chi connectivity index (χ4v) is 4.64. The highest BCUT2D eigenvalue weighted by molar-refractivity contribution is 7.87. The van der Waals surface area contributed by atoms with Crippen molar-refractivity contribution in [2.45, 2.75) is 31.7 Å². The lowest BCUT2D eigenvalue weighted by Crippen LogP contribution is -2.34. The van der Waals surface area contributed by atoms with Crippen LogP contribution in [0.15, 0.2) is 70.9 Å². The zero-order chi connectivity index (χ0) is 22.4. The second-order valence-electron chi connectivity index (χ2n) is 7.56. The number of halogens is 1. The summed E-state index contributed by atoms with van der Waals surface area (Å²) in [7, 11) is -4.05. The smallest absolute Gasteiger partial charge is 0.339 e. The van der Waals surface area contributed by atoms with E-state index in [1.54, 1.807) is 35.6 Å². The molecule has 31 heavy (non-hydrogen) atoms. The molecule has 3 aromatic rings. The molecule has 0 spiro atoms. The van der Waals surface area contributed by atoms with Gasteiger partial charge in [0.05, 0.1) is 6.42 Å². The highest BCUT2D eigenvalue weighted by Gasteiger charge is 2.18. The topological polar surface area (TPSA) is 63.7 Å². The molecule has 0 bridgehead atoms. The molecule has 0 saturated heterocycles. The number of amides is 1. The maximum atomic E-state index is 13.0. The number of hydrogen-bond acceptors (Lipinski definition) is 5. The van der Waals surface area contributed by atoms with Crippen molar-refractivity contribution in [3.8, 4) is 5.75 Å². The van der Waals surface area contributed by atoms with Crippen molar-refractivity contribution in [3.63, 3.8) is 0 Å². The minimum Gasteiger partial charge on any atom is -0.379 e. The van der Waals surface area contributed by atoms with E-state index in [2.05, 4.69) is 13.8 Å². The SMILES string of the molecule is CC(C)CN(Cc1ccc(OS(=O)(=O)c2ccc(F)cc2)cc1)C(=O)Cc1cccs1. The molecule has 3 rings (SSSR count). The molecule has 0 aliphatic heterocycles. The van der Waals surface area contributed by atoms with E-state index in [1.165, 1.54) is 0 Å². The lowest BCUT2D eigenvalue weighted by molar-refractivity contribution is -0.131. The van der Waals surface area contributed by atoms with Crippen molar-refractivity contribution >= 4 is 27.4 Å². The molecule has 0 fully saturated rings. The van der Waals surface area contributed by atoms with E-state index < -0.39 is 15.9 Å². The van der Waals surface area contributed by atoms with E-state index in [0.717, 1.165) is 34.7 Å². The van der Waals surface area contributed by atoms with Gasteiger partial charge in [-0.25, -0.2) is 4.39 Å². The third-order valence-corrected chi connectivity index (χ3v) is 6.59. The third kappa shape index (κ3) is 6.63. The number of nitrogens with zero attached hydrogens (tertiary/aromatic N) is 1. The average molecular weight is 462 g/mol. The van der Waals surface area contributed by atoms with Gasteiger partial charge in [0.15, 0.2) is 0 Å². The van der Waals surface area contributed by atoms with Crippen LogP contribution in [0.3, 0.4) is 0 Å². The van der Waals surface area contributed by atoms with Crippen LogP contribution >= 0.6 is 11.3 Å². The molecule has 2 aromatic carbocycles. The molecule has 0 aliphatic rings. The first-order chi connectivity index (χ1) is 14.7. The quantitative estimate of drug-likeness (QED) is 0.426. The molecule has 1 heterocycles. The molecule has 0 saturated carbocycles. The number of carbonyl (C=O) groups excluding carboxylic acids is 1. The van der Waals surface area contributed by atoms with Crippen LogP contribution in [0.4, 0.5) is 4.39 Å². The predicted molar refractivity (Wildman–Crippen MR) is 119 cm³/mol. The largest absolute Gasteiger partial charge is 0.379 e. The van der Waals surface area contributed by atoms with Crippen LogP contribution in [0.2, 0.25) is 0 Å². The zero-order valence-corrected chi connectivity index (χ0v) is 19.0. The Morgan fingerprint density at radius 1 is 1.06 bits per heavy atom. The Morgan fingerprint density at radius 2 is 1.74 bits per heavy atom. The summed E-state index contributed by atoms with van der Waals surface area (Å²) in [6, 6.07) is 14.9. The van der Waals surface area contributed by atoms with Crippen LogP contribution in [0.1, 0.15) is 24.3 Å². The summed E-state index contributed by atoms with van der Waals surface area (Å²) in [6.07, 6.45) is 0.363. The Hall–Kier alpha value is -2.71. The maximum Gasteiger partial charge on any atom is 0.339 e. The number of hydrogen-bond donors (Lipinski definition) is 0. The van der Waals surface area contributed by atoms with Crippen molar-refractivity contribution in [1.29, 1.82) is 0 Å². The molecule has 0 radical (unpaired) electrons. The Kier molecular flexibility index (Phi) is 7.46. The van der Waals surface area contributed by atoms with Crippen molar-refractivity contribution in [3.05, 3.63) is 82.3 Å². The number of thiophene rings is 1. The highest BCUT2D eigenvalue weighted by Crippen LogP contribution is 2.21. The summed E-state index contributed by atoms with van der Waals surface area (Å²) in [4.78, 5) is 15.5. The first-order valence-corrected chi connectivity index (χ1v) is 12.1. The van der Waals surface area contributed by atoms with Gasteiger partial charge in [0, 0.05) is 18.0 Å². The highest BCUT2D eigenvalue weighted by atomic mass is 32.2. The van der Waals surface area contributed by atoms with E-state index in [0.29, 0.717) is 25.4 Å². The van der Waals surface area contributed by atoms with Gasteiger partial charge >= 0.3 is 10.1 Å². The fraction of sp³-hybridized carbons (Fsp3) is 0.261. The van der Waals surface area contributed by atoms with Crippen molar-refractivity contribution in [2.24, 2.45) is 5.92 Å². The van der Waals surface area contributed by atoms with Crippen LogP contribution < -0.4 is 4.18 Å². The first-order valence-electron chi connectivity index (χ1n) is 9.82. The van der Waals surface area contributed by atoms with E-state index in [9.17, 15) is 17.6 Å². The lowest BCUT2D eigenvalue weighted by Gasteiger charge is -2.25. The summed E-state index contributed by atoms with van der Waals surface area (Å²) in [5.74, 6) is -0.0117. The normalized spacial score (nSPS) is 11.5. The third-order valence-electron chi connectivity index (χ3n) is 4.45. The van der Waals surface area contributed by atoms with E-state index in [4.69, 9.17) is 4.18 Å². The molecule has 1 aromatic heterocycles. The summed E-state index contributed by atoms with van der Waals surface area (Å²) >= 11 is 1.56. The van der Waals surface area contributed by atoms with Crippen LogP contribution in [-0.2, 0) is 27.9 Å². The molecule has 5 nitrogen and oxygen atoms in total. The molecule has 0 atom stereocenters. The van der Waals surface area contributed by atoms with Gasteiger partial charge in [0.25, 0.3) is 0 Å². The second-order valence-corrected chi connectivity index (χ2v) is 10.1. The Labute approximate surface area is 186 Å². The monoisotopic (exact) mass is 461 g/mol. The van der Waals surface area contributed by atoms with Crippen LogP contribution in [0.5, 0.6) is 5.75 Å². The fourth-order valence-electron chi connectivity index (χ4n) is 3.02. The zero-order valence-electron chi connectivity index (χ0n) is 17.3. The molecule has 0 N–H and O–H groups in total. The Balaban J connectivity index is 1.68. The van der Waals surface area contributed by atoms with Gasteiger partial charge in [-0.15, -0.1) is 11.3 Å². The minimum atomic E-state index is -4.05. The van der Waals surface area contributed by atoms with E-state index >= 15 is 0 Å². The van der Waals surface area contributed by atoms with Crippen LogP contribution in [0.25, 0.3) is 0 Å². The summed E-state index contributed by atoms with van der Waals surface area (Å²) in [6.45, 7) is 5.17. The van der Waals surface area contributed by atoms with Crippen LogP contribution in [0, 0.1) is 11.7 Å². The van der Waals surface area contributed by atoms with Gasteiger partial charge in [-0.1, -0.05) is 32.0 Å². The van der Waals surface area contributed by atoms with E-state index in [-0.39, 0.29) is 16.6 Å². The number of carbonyl (C=O) groups is 1. The molecule has 1 amide bonds. The van der Waals surface area contributed by atoms with Gasteiger partial charge in [0.2, 0.25) is 5.91 Å². The predicted octanol–water partition coefficient (Wildman–Crippen LogP) is 4.88. The van der Waals surface area contributed by atoms with Gasteiger partial charge in [-0.05, 0) is 59.3 Å². The molecule has 8 heteroatoms. The molecular weight excluding hydrogens is 437 g/mol. The van der Waals surface area contributed by atoms with Gasteiger partial charge in [-0.3, -0.25) is 4.79 Å². The van der Waals surface area contributed by atoms with Crippen molar-refractivity contribution in [2.75, 3.05) is 6.54 Å². The second kappa shape index (κ2) is 10.1. The minimum absolute atomic E-state index is 0.0513. The maximum absolute atomic E-state index is 13.0. The van der Waals surface area contributed by atoms with Crippen LogP contribution in [-0.4, -0.2) is 25.8 Å². The summed E-state index contributed by atoms with van der Waals surface area (Å²) in [5, 5.41) is 1.95. The van der Waals surface area contributed by atoms with Gasteiger partial charge < -0.3 is 9.08 Å². The first kappa shape index (κ1) is 23.0. The molecule has 164 valence electrons. The molecule has 0 unspecified atom stereocenters. The van der Waals surface area contributed by atoms with Crippen molar-refractivity contribution in [1.82, 2.24) is 4.90 Å². The standard InChI is InChI=1S/C23H24FNO4S2/c1-17(2)15-25(23(26)14-21-4-3-13-30-21)16-18-5-9-20(10-6-18)29-31(27,28)22-11-7-19(24)8-12-22/h3-13,17H,14-16H2,1-2H3. The van der Waals surface area contributed by atoms with E-state index in [1.807, 2.05) is 22.4 Å². The lowest BCUT2D eigenvalue weighted by atomic mass is 10.1. The summed E-state index contributed by atoms with van der Waals surface area (Å²) in [5.41, 5.74) is 0.867. The van der Waals surface area contributed by atoms with Crippen molar-refractivity contribution < 1.29 is 21.8 Å². The van der Waals surface area contributed by atoms with Gasteiger partial charge in [0.1, 0.15) is 16.5 Å². The number of rotatable bonds is 9. The average Bonchev–Trinajstić information content (AvgIpc) is 3.21. The molecular formula is C23H24FNO4S2. The molecule has 0 aliphatic carbocycles.